The van der Waals surface area contributed by atoms with Gasteiger partial charge in [0.1, 0.15) is 6.61 Å². The van der Waals surface area contributed by atoms with E-state index in [0.29, 0.717) is 13.2 Å². The number of nitrogens with zero attached hydrogens (tertiary/aromatic N) is 1. The summed E-state index contributed by atoms with van der Waals surface area (Å²) in [5, 5.41) is 0. The fraction of sp³-hybridized carbons (Fsp3) is 0.462. The van der Waals surface area contributed by atoms with Gasteiger partial charge in [0.2, 0.25) is 0 Å². The molecule has 0 aromatic heterocycles. The number of ether oxygens (including phenoxy) is 2. The van der Waals surface area contributed by atoms with Gasteiger partial charge in [-0.1, -0.05) is 24.3 Å². The van der Waals surface area contributed by atoms with Crippen LogP contribution in [-0.2, 0) is 22.6 Å². The van der Waals surface area contributed by atoms with E-state index in [4.69, 9.17) is 10.5 Å². The molecule has 0 fully saturated rings. The minimum atomic E-state index is -0.772. The second-order valence-corrected chi connectivity index (χ2v) is 4.27. The van der Waals surface area contributed by atoms with Crippen LogP contribution in [0.2, 0.25) is 0 Å². The highest BCUT2D eigenvalue weighted by atomic mass is 16.6. The summed E-state index contributed by atoms with van der Waals surface area (Å²) in [5.41, 5.74) is 7.18. The number of rotatable bonds is 7. The van der Waals surface area contributed by atoms with Gasteiger partial charge >= 0.3 is 6.09 Å². The van der Waals surface area contributed by atoms with Crippen LogP contribution in [-0.4, -0.2) is 38.3 Å². The number of carbonyl (C=O) groups excluding carboxylic acids is 1. The van der Waals surface area contributed by atoms with Crippen LogP contribution >= 0.6 is 0 Å². The van der Waals surface area contributed by atoms with E-state index in [2.05, 4.69) is 21.8 Å². The van der Waals surface area contributed by atoms with Crippen LogP contribution in [0.25, 0.3) is 0 Å². The molecule has 0 bridgehead atoms. The van der Waals surface area contributed by atoms with Gasteiger partial charge < -0.3 is 20.1 Å². The molecule has 1 amide bonds. The Bertz CT molecular complexity index is 363. The van der Waals surface area contributed by atoms with Crippen molar-refractivity contribution in [1.29, 1.82) is 0 Å². The normalized spacial score (nSPS) is 10.6. The highest BCUT2D eigenvalue weighted by Gasteiger charge is 1.98. The van der Waals surface area contributed by atoms with Crippen molar-refractivity contribution in [2.24, 2.45) is 5.73 Å². The monoisotopic (exact) mass is 252 g/mol. The average Bonchev–Trinajstić information content (AvgIpc) is 2.30. The van der Waals surface area contributed by atoms with Gasteiger partial charge in [-0.25, -0.2) is 4.79 Å². The van der Waals surface area contributed by atoms with Gasteiger partial charge in [0, 0.05) is 6.54 Å². The summed E-state index contributed by atoms with van der Waals surface area (Å²) in [6, 6.07) is 8.23. The van der Waals surface area contributed by atoms with Crippen LogP contribution in [0.15, 0.2) is 24.3 Å². The lowest BCUT2D eigenvalue weighted by Crippen LogP contribution is -2.16. The van der Waals surface area contributed by atoms with Gasteiger partial charge in [-0.2, -0.15) is 0 Å². The standard InChI is InChI=1S/C13H20N2O3/c1-15(2)9-11-3-5-12(6-4-11)10-17-7-8-18-13(14)16/h3-6H,7-10H2,1-2H3,(H2,14,16). The molecule has 1 rings (SSSR count). The molecule has 1 aromatic rings. The zero-order valence-electron chi connectivity index (χ0n) is 10.9. The average molecular weight is 252 g/mol. The number of primary amides is 1. The smallest absolute Gasteiger partial charge is 0.404 e. The minimum absolute atomic E-state index is 0.189. The van der Waals surface area contributed by atoms with Crippen molar-refractivity contribution >= 4 is 6.09 Å². The molecule has 0 aliphatic carbocycles. The van der Waals surface area contributed by atoms with Crippen molar-refractivity contribution in [3.63, 3.8) is 0 Å². The molecule has 2 N–H and O–H groups in total. The fourth-order valence-corrected chi connectivity index (χ4v) is 1.50. The number of benzene rings is 1. The molecule has 0 aliphatic heterocycles. The first-order valence-electron chi connectivity index (χ1n) is 5.80. The third kappa shape index (κ3) is 6.22. The number of carbonyl (C=O) groups is 1. The summed E-state index contributed by atoms with van der Waals surface area (Å²) in [7, 11) is 4.07. The second kappa shape index (κ2) is 7.68. The molecule has 1 aromatic carbocycles. The maximum atomic E-state index is 10.3. The van der Waals surface area contributed by atoms with Crippen molar-refractivity contribution in [1.82, 2.24) is 4.90 Å². The second-order valence-electron chi connectivity index (χ2n) is 4.27. The zero-order valence-corrected chi connectivity index (χ0v) is 10.9. The van der Waals surface area contributed by atoms with E-state index >= 15 is 0 Å². The lowest BCUT2D eigenvalue weighted by molar-refractivity contribution is 0.0681. The van der Waals surface area contributed by atoms with E-state index in [9.17, 15) is 4.79 Å². The number of nitrogens with two attached hydrogens (primary N) is 1. The number of hydrogen-bond donors (Lipinski definition) is 1. The maximum absolute atomic E-state index is 10.3. The molecule has 0 spiro atoms. The van der Waals surface area contributed by atoms with Crippen molar-refractivity contribution in [3.05, 3.63) is 35.4 Å². The Morgan fingerprint density at radius 3 is 2.33 bits per heavy atom. The molecule has 0 radical (unpaired) electrons. The Kier molecular flexibility index (Phi) is 6.18. The largest absolute Gasteiger partial charge is 0.447 e. The van der Waals surface area contributed by atoms with Crippen molar-refractivity contribution in [2.45, 2.75) is 13.2 Å². The molecule has 0 heterocycles. The third-order valence-corrected chi connectivity index (χ3v) is 2.26. The van der Waals surface area contributed by atoms with E-state index in [1.165, 1.54) is 5.56 Å². The van der Waals surface area contributed by atoms with Gasteiger partial charge in [0.15, 0.2) is 0 Å². The van der Waals surface area contributed by atoms with E-state index in [-0.39, 0.29) is 6.61 Å². The van der Waals surface area contributed by atoms with Crippen LogP contribution in [0.3, 0.4) is 0 Å². The summed E-state index contributed by atoms with van der Waals surface area (Å²) in [5.74, 6) is 0. The Hall–Kier alpha value is -1.59. The topological polar surface area (TPSA) is 64.8 Å². The summed E-state index contributed by atoms with van der Waals surface area (Å²) in [6.45, 7) is 1.97. The van der Waals surface area contributed by atoms with Crippen LogP contribution in [0, 0.1) is 0 Å². The molecule has 100 valence electrons. The Balaban J connectivity index is 2.24. The molecule has 0 saturated carbocycles. The molecule has 0 unspecified atom stereocenters. The Labute approximate surface area is 107 Å². The molecular weight excluding hydrogens is 232 g/mol. The summed E-state index contributed by atoms with van der Waals surface area (Å²) >= 11 is 0. The molecule has 0 atom stereocenters. The van der Waals surface area contributed by atoms with Gasteiger partial charge in [0.05, 0.1) is 13.2 Å². The molecule has 0 saturated heterocycles. The highest BCUT2D eigenvalue weighted by Crippen LogP contribution is 2.07. The first-order valence-corrected chi connectivity index (χ1v) is 5.80. The molecule has 5 nitrogen and oxygen atoms in total. The van der Waals surface area contributed by atoms with Crippen LogP contribution < -0.4 is 5.73 Å². The van der Waals surface area contributed by atoms with Gasteiger partial charge in [-0.3, -0.25) is 0 Å². The first kappa shape index (κ1) is 14.5. The zero-order chi connectivity index (χ0) is 13.4. The molecule has 18 heavy (non-hydrogen) atoms. The van der Waals surface area contributed by atoms with Crippen molar-refractivity contribution in [3.8, 4) is 0 Å². The summed E-state index contributed by atoms with van der Waals surface area (Å²) in [4.78, 5) is 12.4. The van der Waals surface area contributed by atoms with Crippen molar-refractivity contribution in [2.75, 3.05) is 27.3 Å². The lowest BCUT2D eigenvalue weighted by Gasteiger charge is -2.10. The fourth-order valence-electron chi connectivity index (χ4n) is 1.50. The summed E-state index contributed by atoms with van der Waals surface area (Å²) < 4.78 is 9.90. The van der Waals surface area contributed by atoms with Gasteiger partial charge in [0.25, 0.3) is 0 Å². The van der Waals surface area contributed by atoms with Crippen molar-refractivity contribution < 1.29 is 14.3 Å². The number of hydrogen-bond acceptors (Lipinski definition) is 4. The lowest BCUT2D eigenvalue weighted by atomic mass is 10.1. The SMILES string of the molecule is CN(C)Cc1ccc(COCCOC(N)=O)cc1. The summed E-state index contributed by atoms with van der Waals surface area (Å²) in [6.07, 6.45) is -0.772. The van der Waals surface area contributed by atoms with E-state index in [1.807, 2.05) is 26.2 Å². The molecule has 0 aliphatic rings. The van der Waals surface area contributed by atoms with Gasteiger partial charge in [-0.15, -0.1) is 0 Å². The highest BCUT2D eigenvalue weighted by molar-refractivity contribution is 5.64. The Morgan fingerprint density at radius 1 is 1.17 bits per heavy atom. The van der Waals surface area contributed by atoms with E-state index < -0.39 is 6.09 Å². The first-order chi connectivity index (χ1) is 8.58. The number of amides is 1. The van der Waals surface area contributed by atoms with Gasteiger partial charge in [-0.05, 0) is 25.2 Å². The predicted molar refractivity (Wildman–Crippen MR) is 69.0 cm³/mol. The maximum Gasteiger partial charge on any atom is 0.404 e. The van der Waals surface area contributed by atoms with Crippen LogP contribution in [0.1, 0.15) is 11.1 Å². The predicted octanol–water partition coefficient (Wildman–Crippen LogP) is 1.36. The van der Waals surface area contributed by atoms with E-state index in [1.54, 1.807) is 0 Å². The quantitative estimate of drug-likeness (QED) is 0.744. The van der Waals surface area contributed by atoms with Crippen LogP contribution in [0.5, 0.6) is 0 Å². The molecular formula is C13H20N2O3. The third-order valence-electron chi connectivity index (χ3n) is 2.26. The van der Waals surface area contributed by atoms with E-state index in [0.717, 1.165) is 12.1 Å². The molecule has 5 heteroatoms. The van der Waals surface area contributed by atoms with Crippen LogP contribution in [0.4, 0.5) is 4.79 Å². The minimum Gasteiger partial charge on any atom is -0.447 e. The Morgan fingerprint density at radius 2 is 1.78 bits per heavy atom.